The summed E-state index contributed by atoms with van der Waals surface area (Å²) in [7, 11) is -3.88. The molecule has 0 amide bonds. The normalized spacial score (nSPS) is 15.2. The predicted molar refractivity (Wildman–Crippen MR) is 126 cm³/mol. The molecule has 1 atom stereocenters. The van der Waals surface area contributed by atoms with Gasteiger partial charge in [-0.1, -0.05) is 42.0 Å². The van der Waals surface area contributed by atoms with Gasteiger partial charge < -0.3 is 4.74 Å². The Morgan fingerprint density at radius 1 is 1.00 bits per heavy atom. The number of Topliss-reactive ketones (excluding diaryl/α,β-unsaturated/α-hetero) is 1. The van der Waals surface area contributed by atoms with Crippen molar-refractivity contribution in [1.29, 1.82) is 0 Å². The monoisotopic (exact) mass is 463 g/mol. The number of sulfonamides is 1. The van der Waals surface area contributed by atoms with Crippen LogP contribution < -0.4 is 4.31 Å². The molecule has 0 aliphatic carbocycles. The van der Waals surface area contributed by atoms with Crippen molar-refractivity contribution in [1.82, 2.24) is 0 Å². The molecule has 0 aromatic heterocycles. The summed E-state index contributed by atoms with van der Waals surface area (Å²) in [5.41, 5.74) is 3.93. The number of fused-ring (bicyclic) bond motifs is 1. The van der Waals surface area contributed by atoms with Crippen molar-refractivity contribution >= 4 is 27.5 Å². The lowest BCUT2D eigenvalue weighted by Crippen LogP contribution is -2.35. The fourth-order valence-corrected chi connectivity index (χ4v) is 5.87. The van der Waals surface area contributed by atoms with E-state index in [1.165, 1.54) is 28.6 Å². The van der Waals surface area contributed by atoms with Crippen LogP contribution in [-0.2, 0) is 21.2 Å². The highest BCUT2D eigenvalue weighted by Gasteiger charge is 2.36. The Morgan fingerprint density at radius 3 is 2.55 bits per heavy atom. The summed E-state index contributed by atoms with van der Waals surface area (Å²) in [6, 6.07) is 18.4. The van der Waals surface area contributed by atoms with Crippen molar-refractivity contribution < 1.29 is 22.7 Å². The number of para-hydroxylation sites is 1. The molecule has 0 bridgehead atoms. The number of carbonyl (C=O) groups is 2. The Balaban J connectivity index is 1.53. The maximum absolute atomic E-state index is 13.4. The van der Waals surface area contributed by atoms with E-state index in [1.54, 1.807) is 18.2 Å². The number of hydrogen-bond donors (Lipinski definition) is 0. The summed E-state index contributed by atoms with van der Waals surface area (Å²) in [5.74, 6) is -1.06. The zero-order valence-corrected chi connectivity index (χ0v) is 19.6. The van der Waals surface area contributed by atoms with Crippen LogP contribution in [0.3, 0.4) is 0 Å². The van der Waals surface area contributed by atoms with Gasteiger partial charge in [-0.15, -0.1) is 0 Å². The van der Waals surface area contributed by atoms with Gasteiger partial charge in [0, 0.05) is 11.6 Å². The van der Waals surface area contributed by atoms with Crippen LogP contribution in [0.2, 0.25) is 0 Å². The first-order valence-electron chi connectivity index (χ1n) is 10.7. The van der Waals surface area contributed by atoms with Crippen LogP contribution in [0.1, 0.15) is 44.3 Å². The molecule has 0 fully saturated rings. The number of ketones is 1. The number of ether oxygens (including phenoxy) is 1. The molecule has 0 unspecified atom stereocenters. The molecule has 6 nitrogen and oxygen atoms in total. The van der Waals surface area contributed by atoms with Crippen molar-refractivity contribution in [2.24, 2.45) is 0 Å². The number of rotatable bonds is 6. The lowest BCUT2D eigenvalue weighted by atomic mass is 10.0. The van der Waals surface area contributed by atoms with Crippen LogP contribution in [0.25, 0.3) is 0 Å². The Hall–Kier alpha value is -3.45. The maximum atomic E-state index is 13.4. The molecular formula is C26H25NO5S. The van der Waals surface area contributed by atoms with Gasteiger partial charge in [-0.2, -0.15) is 0 Å². The van der Waals surface area contributed by atoms with Crippen LogP contribution in [-0.4, -0.2) is 32.8 Å². The minimum absolute atomic E-state index is 0.00126. The third kappa shape index (κ3) is 4.41. The largest absolute Gasteiger partial charge is 0.454 e. The molecule has 3 aromatic carbocycles. The second kappa shape index (κ2) is 8.83. The highest BCUT2D eigenvalue weighted by molar-refractivity contribution is 7.92. The van der Waals surface area contributed by atoms with E-state index in [0.717, 1.165) is 16.7 Å². The molecule has 1 heterocycles. The summed E-state index contributed by atoms with van der Waals surface area (Å²) in [6.07, 6.45) is 0.623. The predicted octanol–water partition coefficient (Wildman–Crippen LogP) is 4.48. The van der Waals surface area contributed by atoms with Crippen molar-refractivity contribution in [3.05, 3.63) is 94.5 Å². The van der Waals surface area contributed by atoms with Gasteiger partial charge in [-0.3, -0.25) is 9.10 Å². The van der Waals surface area contributed by atoms with E-state index in [2.05, 4.69) is 0 Å². The second-order valence-corrected chi connectivity index (χ2v) is 10.1. The summed E-state index contributed by atoms with van der Waals surface area (Å²) in [6.45, 7) is 5.14. The second-order valence-electron chi connectivity index (χ2n) is 8.33. The molecule has 170 valence electrons. The van der Waals surface area contributed by atoms with Crippen LogP contribution in [0.4, 0.5) is 5.69 Å². The Morgan fingerprint density at radius 2 is 1.76 bits per heavy atom. The van der Waals surface area contributed by atoms with Gasteiger partial charge in [0.2, 0.25) is 5.78 Å². The first-order valence-corrected chi connectivity index (χ1v) is 12.1. The average Bonchev–Trinajstić information content (AvgIpc) is 3.15. The SMILES string of the molecule is Cc1ccc(C)c(C(=O)COC(=O)c2cccc(S(=O)(=O)N3c4ccccc4C[C@H]3C)c2)c1. The minimum Gasteiger partial charge on any atom is -0.454 e. The maximum Gasteiger partial charge on any atom is 0.338 e. The van der Waals surface area contributed by atoms with E-state index >= 15 is 0 Å². The smallest absolute Gasteiger partial charge is 0.338 e. The van der Waals surface area contributed by atoms with E-state index < -0.39 is 22.6 Å². The lowest BCUT2D eigenvalue weighted by Gasteiger charge is -2.24. The zero-order valence-electron chi connectivity index (χ0n) is 18.7. The van der Waals surface area contributed by atoms with E-state index in [0.29, 0.717) is 17.7 Å². The van der Waals surface area contributed by atoms with Crippen molar-refractivity contribution in [2.75, 3.05) is 10.9 Å². The number of aryl methyl sites for hydroxylation is 2. The topological polar surface area (TPSA) is 80.8 Å². The molecule has 7 heteroatoms. The van der Waals surface area contributed by atoms with Crippen LogP contribution in [0.5, 0.6) is 0 Å². The number of carbonyl (C=O) groups excluding carboxylic acids is 2. The summed E-state index contributed by atoms with van der Waals surface area (Å²) >= 11 is 0. The van der Waals surface area contributed by atoms with Gasteiger partial charge in [0.05, 0.1) is 16.1 Å². The van der Waals surface area contributed by atoms with Crippen molar-refractivity contribution in [2.45, 2.75) is 38.1 Å². The molecular weight excluding hydrogens is 438 g/mol. The molecule has 3 aromatic rings. The molecule has 33 heavy (non-hydrogen) atoms. The van der Waals surface area contributed by atoms with E-state index in [-0.39, 0.29) is 22.3 Å². The van der Waals surface area contributed by atoms with Crippen LogP contribution >= 0.6 is 0 Å². The third-order valence-electron chi connectivity index (χ3n) is 5.80. The van der Waals surface area contributed by atoms with Crippen molar-refractivity contribution in [3.8, 4) is 0 Å². The number of esters is 1. The molecule has 0 radical (unpaired) electrons. The fraction of sp³-hybridized carbons (Fsp3) is 0.231. The molecule has 0 spiro atoms. The summed E-state index contributed by atoms with van der Waals surface area (Å²) in [5, 5.41) is 0. The third-order valence-corrected chi connectivity index (χ3v) is 7.72. The Kier molecular flexibility index (Phi) is 6.08. The van der Waals surface area contributed by atoms with Gasteiger partial charge >= 0.3 is 5.97 Å². The molecule has 0 saturated heterocycles. The highest BCUT2D eigenvalue weighted by atomic mass is 32.2. The van der Waals surface area contributed by atoms with Gasteiger partial charge in [-0.25, -0.2) is 13.2 Å². The molecule has 1 aliphatic rings. The van der Waals surface area contributed by atoms with Gasteiger partial charge in [-0.05, 0) is 68.7 Å². The molecule has 0 N–H and O–H groups in total. The highest BCUT2D eigenvalue weighted by Crippen LogP contribution is 2.36. The standard InChI is InChI=1S/C26H25NO5S/c1-17-11-12-18(2)23(13-17)25(28)16-32-26(29)21-8-6-9-22(15-21)33(30,31)27-19(3)14-20-7-4-5-10-24(20)27/h4-13,15,19H,14,16H2,1-3H3/t19-/m1/s1. The molecule has 1 aliphatic heterocycles. The number of anilines is 1. The molecule has 0 saturated carbocycles. The number of nitrogens with zero attached hydrogens (tertiary/aromatic N) is 1. The van der Waals surface area contributed by atoms with Gasteiger partial charge in [0.15, 0.2) is 6.61 Å². The summed E-state index contributed by atoms with van der Waals surface area (Å²) in [4.78, 5) is 25.1. The fourth-order valence-electron chi connectivity index (χ4n) is 4.13. The minimum atomic E-state index is -3.88. The first kappa shape index (κ1) is 22.7. The van der Waals surface area contributed by atoms with Gasteiger partial charge in [0.25, 0.3) is 10.0 Å². The quantitative estimate of drug-likeness (QED) is 0.398. The van der Waals surface area contributed by atoms with Crippen LogP contribution in [0, 0.1) is 13.8 Å². The van der Waals surface area contributed by atoms with Crippen LogP contribution in [0.15, 0.2) is 71.6 Å². The summed E-state index contributed by atoms with van der Waals surface area (Å²) < 4.78 is 33.5. The van der Waals surface area contributed by atoms with Gasteiger partial charge in [0.1, 0.15) is 0 Å². The molecule has 4 rings (SSSR count). The van der Waals surface area contributed by atoms with E-state index in [9.17, 15) is 18.0 Å². The first-order chi connectivity index (χ1) is 15.7. The Labute approximate surface area is 193 Å². The zero-order chi connectivity index (χ0) is 23.8. The lowest BCUT2D eigenvalue weighted by molar-refractivity contribution is 0.0474. The number of hydrogen-bond acceptors (Lipinski definition) is 5. The van der Waals surface area contributed by atoms with E-state index in [4.69, 9.17) is 4.74 Å². The Bertz CT molecular complexity index is 1350. The number of benzene rings is 3. The van der Waals surface area contributed by atoms with E-state index in [1.807, 2.05) is 45.0 Å². The average molecular weight is 464 g/mol. The van der Waals surface area contributed by atoms with Crippen molar-refractivity contribution in [3.63, 3.8) is 0 Å².